The van der Waals surface area contributed by atoms with Gasteiger partial charge in [0.2, 0.25) is 0 Å². The fraction of sp³-hybridized carbons (Fsp3) is 0. The summed E-state index contributed by atoms with van der Waals surface area (Å²) in [6.45, 7) is 0. The molecule has 0 aromatic heterocycles. The Morgan fingerprint density at radius 3 is 1.41 bits per heavy atom. The number of rotatable bonds is 6. The highest BCUT2D eigenvalue weighted by molar-refractivity contribution is 7.87. The molecule has 7 nitrogen and oxygen atoms in total. The molecule has 0 atom stereocenters. The molecular weight excluding hydrogens is 425 g/mol. The molecule has 0 unspecified atom stereocenters. The van der Waals surface area contributed by atoms with Crippen molar-refractivity contribution >= 4 is 40.0 Å². The second kappa shape index (κ2) is 8.96. The molecule has 0 aliphatic rings. The monoisotopic (exact) mass is 443 g/mol. The van der Waals surface area contributed by atoms with Gasteiger partial charge in [-0.1, -0.05) is 91.0 Å². The molecule has 8 heteroatoms. The van der Waals surface area contributed by atoms with Crippen molar-refractivity contribution in [2.45, 2.75) is 0 Å². The Labute approximate surface area is 184 Å². The largest absolute Gasteiger partial charge is 0.301 e. The van der Waals surface area contributed by atoms with Crippen LogP contribution < -0.4 is 15.9 Å². The van der Waals surface area contributed by atoms with E-state index in [2.05, 4.69) is 0 Å². The van der Waals surface area contributed by atoms with Crippen LogP contribution in [0.3, 0.4) is 0 Å². The van der Waals surface area contributed by atoms with Crippen LogP contribution in [0.5, 0.6) is 0 Å². The molecule has 4 aromatic carbocycles. The Morgan fingerprint density at radius 2 is 1.03 bits per heavy atom. The Kier molecular flexibility index (Phi) is 5.92. The van der Waals surface area contributed by atoms with Crippen molar-refractivity contribution in [1.82, 2.24) is 0 Å². The first-order valence-electron chi connectivity index (χ1n) is 9.74. The van der Waals surface area contributed by atoms with Crippen molar-refractivity contribution in [2.75, 3.05) is 0 Å². The highest BCUT2D eigenvalue weighted by atomic mass is 31.2. The lowest BCUT2D eigenvalue weighted by molar-refractivity contribution is -0.393. The summed E-state index contributed by atoms with van der Waals surface area (Å²) in [5.41, 5.74) is -0.643. The number of non-ortho nitro benzene ring substituents is 1. The van der Waals surface area contributed by atoms with Crippen LogP contribution in [0, 0.1) is 20.2 Å². The van der Waals surface area contributed by atoms with Crippen LogP contribution in [0.1, 0.15) is 0 Å². The zero-order valence-corrected chi connectivity index (χ0v) is 17.7. The van der Waals surface area contributed by atoms with Gasteiger partial charge in [-0.2, -0.15) is 0 Å². The first kappa shape index (κ1) is 21.2. The van der Waals surface area contributed by atoms with Crippen LogP contribution in [0.25, 0.3) is 0 Å². The van der Waals surface area contributed by atoms with Gasteiger partial charge in [0.25, 0.3) is 5.69 Å². The SMILES string of the molecule is O=[N+]([O-])c1ccc(N=P(c2ccccc2)(c2ccccc2)c2ccccc2)c([N+](=O)[O-])c1. The fourth-order valence-corrected chi connectivity index (χ4v) is 7.11. The molecule has 4 rings (SSSR count). The third-order valence-corrected chi connectivity index (χ3v) is 8.67. The van der Waals surface area contributed by atoms with E-state index >= 15 is 0 Å². The van der Waals surface area contributed by atoms with Gasteiger partial charge in [-0.25, -0.2) is 4.74 Å². The predicted molar refractivity (Wildman–Crippen MR) is 127 cm³/mol. The summed E-state index contributed by atoms with van der Waals surface area (Å²) in [6, 6.07) is 32.6. The van der Waals surface area contributed by atoms with E-state index in [-0.39, 0.29) is 11.4 Å². The molecule has 0 saturated carbocycles. The average Bonchev–Trinajstić information content (AvgIpc) is 2.84. The lowest BCUT2D eigenvalue weighted by Crippen LogP contribution is -2.25. The number of nitrogens with zero attached hydrogens (tertiary/aromatic N) is 3. The molecule has 0 bridgehead atoms. The summed E-state index contributed by atoms with van der Waals surface area (Å²) in [7, 11) is -2.73. The van der Waals surface area contributed by atoms with Gasteiger partial charge < -0.3 is 0 Å². The van der Waals surface area contributed by atoms with Crippen LogP contribution in [-0.4, -0.2) is 9.85 Å². The molecule has 0 heterocycles. The zero-order chi connectivity index (χ0) is 22.6. The second-order valence-corrected chi connectivity index (χ2v) is 9.95. The number of hydrogen-bond acceptors (Lipinski definition) is 5. The third kappa shape index (κ3) is 3.94. The smallest absolute Gasteiger partial charge is 0.258 e. The minimum Gasteiger partial charge on any atom is -0.258 e. The Morgan fingerprint density at radius 1 is 0.594 bits per heavy atom. The summed E-state index contributed by atoms with van der Waals surface area (Å²) >= 11 is 0. The summed E-state index contributed by atoms with van der Waals surface area (Å²) < 4.78 is 5.07. The maximum Gasteiger partial charge on any atom is 0.301 e. The van der Waals surface area contributed by atoms with Crippen LogP contribution in [0.4, 0.5) is 17.1 Å². The van der Waals surface area contributed by atoms with Gasteiger partial charge in [0.1, 0.15) is 5.69 Å². The maximum absolute atomic E-state index is 11.8. The van der Waals surface area contributed by atoms with Gasteiger partial charge in [0, 0.05) is 22.0 Å². The molecule has 0 aliphatic heterocycles. The van der Waals surface area contributed by atoms with Crippen LogP contribution in [0.2, 0.25) is 0 Å². The molecular formula is C24H18N3O4P. The van der Waals surface area contributed by atoms with Gasteiger partial charge in [-0.05, 0) is 6.07 Å². The molecule has 0 N–H and O–H groups in total. The molecule has 32 heavy (non-hydrogen) atoms. The molecule has 0 spiro atoms. The molecule has 4 aromatic rings. The van der Waals surface area contributed by atoms with E-state index in [1.807, 2.05) is 91.0 Å². The molecule has 0 amide bonds. The van der Waals surface area contributed by atoms with E-state index in [1.54, 1.807) is 0 Å². The summed E-state index contributed by atoms with van der Waals surface area (Å²) in [4.78, 5) is 21.8. The Bertz CT molecular complexity index is 1220. The van der Waals surface area contributed by atoms with Crippen LogP contribution in [-0.2, 0) is 0 Å². The average molecular weight is 443 g/mol. The van der Waals surface area contributed by atoms with Crippen molar-refractivity contribution in [1.29, 1.82) is 0 Å². The number of hydrogen-bond donors (Lipinski definition) is 0. The van der Waals surface area contributed by atoms with E-state index in [4.69, 9.17) is 4.74 Å². The van der Waals surface area contributed by atoms with Gasteiger partial charge in [0.05, 0.1) is 23.0 Å². The third-order valence-electron chi connectivity index (χ3n) is 5.01. The van der Waals surface area contributed by atoms with E-state index in [0.29, 0.717) is 0 Å². The molecule has 0 fully saturated rings. The first-order valence-corrected chi connectivity index (χ1v) is 11.5. The molecule has 0 aliphatic carbocycles. The summed E-state index contributed by atoms with van der Waals surface area (Å²) in [6.07, 6.45) is 0. The highest BCUT2D eigenvalue weighted by Gasteiger charge is 2.29. The Balaban J connectivity index is 2.15. The van der Waals surface area contributed by atoms with E-state index in [1.165, 1.54) is 12.1 Å². The molecule has 0 radical (unpaired) electrons. The van der Waals surface area contributed by atoms with Crippen molar-refractivity contribution in [3.63, 3.8) is 0 Å². The van der Waals surface area contributed by atoms with E-state index in [9.17, 15) is 20.2 Å². The van der Waals surface area contributed by atoms with Gasteiger partial charge in [0.15, 0.2) is 0 Å². The van der Waals surface area contributed by atoms with Crippen LogP contribution in [0.15, 0.2) is 114 Å². The van der Waals surface area contributed by atoms with Gasteiger partial charge in [-0.3, -0.25) is 20.2 Å². The van der Waals surface area contributed by atoms with Gasteiger partial charge in [-0.15, -0.1) is 0 Å². The van der Waals surface area contributed by atoms with Gasteiger partial charge >= 0.3 is 5.69 Å². The lowest BCUT2D eigenvalue weighted by Gasteiger charge is -2.26. The van der Waals surface area contributed by atoms with E-state index < -0.39 is 22.6 Å². The van der Waals surface area contributed by atoms with Crippen molar-refractivity contribution in [3.05, 3.63) is 129 Å². The maximum atomic E-state index is 11.8. The number of benzene rings is 4. The highest BCUT2D eigenvalue weighted by Crippen LogP contribution is 2.51. The van der Waals surface area contributed by atoms with Crippen molar-refractivity contribution in [2.24, 2.45) is 4.74 Å². The predicted octanol–water partition coefficient (Wildman–Crippen LogP) is 5.31. The molecule has 0 saturated heterocycles. The van der Waals surface area contributed by atoms with Crippen LogP contribution >= 0.6 is 7.05 Å². The Hall–Kier alpha value is -4.09. The lowest BCUT2D eigenvalue weighted by atomic mass is 10.2. The standard InChI is InChI=1S/C24H18N3O4P/c28-26(29)19-16-17-23(24(18-19)27(30)31)25-32(20-10-4-1-5-11-20,21-12-6-2-7-13-21)22-14-8-3-9-15-22/h1-18H. The first-order chi connectivity index (χ1) is 15.5. The molecule has 158 valence electrons. The fourth-order valence-electron chi connectivity index (χ4n) is 3.57. The normalized spacial score (nSPS) is 11.0. The van der Waals surface area contributed by atoms with Crippen molar-refractivity contribution < 1.29 is 9.85 Å². The number of nitro groups is 2. The van der Waals surface area contributed by atoms with Crippen molar-refractivity contribution in [3.8, 4) is 0 Å². The minimum atomic E-state index is -2.73. The quantitative estimate of drug-likeness (QED) is 0.229. The second-order valence-electron chi connectivity index (χ2n) is 6.93. The topological polar surface area (TPSA) is 98.6 Å². The zero-order valence-electron chi connectivity index (χ0n) is 16.8. The minimum absolute atomic E-state index is 0.102. The summed E-state index contributed by atoms with van der Waals surface area (Å²) in [5, 5.41) is 25.8. The van der Waals surface area contributed by atoms with E-state index in [0.717, 1.165) is 22.0 Å². The summed E-state index contributed by atoms with van der Waals surface area (Å²) in [5.74, 6) is 0. The number of nitro benzene ring substituents is 2.